The molecule has 0 aliphatic heterocycles. The summed E-state index contributed by atoms with van der Waals surface area (Å²) < 4.78 is 27.9. The lowest BCUT2D eigenvalue weighted by Crippen LogP contribution is -2.45. The van der Waals surface area contributed by atoms with Crippen molar-refractivity contribution in [2.45, 2.75) is 35.8 Å². The molecule has 1 aliphatic rings. The molecule has 2 rings (SSSR count). The summed E-state index contributed by atoms with van der Waals surface area (Å²) in [6.45, 7) is 2.23. The monoisotopic (exact) mass is 344 g/mol. The average Bonchev–Trinajstić information content (AvgIpc) is 2.38. The third-order valence-electron chi connectivity index (χ3n) is 4.04. The van der Waals surface area contributed by atoms with Gasteiger partial charge in [0, 0.05) is 16.9 Å². The quantitative estimate of drug-likeness (QED) is 0.774. The number of sulfonamides is 1. The van der Waals surface area contributed by atoms with E-state index in [1.165, 1.54) is 6.42 Å². The van der Waals surface area contributed by atoms with Gasteiger partial charge in [0.25, 0.3) is 0 Å². The Morgan fingerprint density at radius 3 is 2.62 bits per heavy atom. The first-order valence-electron chi connectivity index (χ1n) is 6.75. The van der Waals surface area contributed by atoms with Gasteiger partial charge in [0.15, 0.2) is 0 Å². The average molecular weight is 345 g/mol. The Bertz CT molecular complexity index is 647. The summed E-state index contributed by atoms with van der Waals surface area (Å²) in [5.41, 5.74) is 6.84. The maximum atomic E-state index is 12.5. The first-order valence-corrected chi connectivity index (χ1v) is 9.87. The van der Waals surface area contributed by atoms with Crippen LogP contribution in [-0.2, 0) is 10.0 Å². The number of hydrogen-bond acceptors (Lipinski definition) is 4. The van der Waals surface area contributed by atoms with Gasteiger partial charge < -0.3 is 5.73 Å². The number of thioether (sulfide) groups is 1. The van der Waals surface area contributed by atoms with Gasteiger partial charge in [-0.05, 0) is 37.7 Å². The van der Waals surface area contributed by atoms with Crippen molar-refractivity contribution < 1.29 is 8.42 Å². The zero-order valence-corrected chi connectivity index (χ0v) is 14.6. The molecule has 0 spiro atoms. The second-order valence-electron chi connectivity index (χ2n) is 5.41. The van der Waals surface area contributed by atoms with Crippen LogP contribution in [0.15, 0.2) is 23.1 Å². The minimum absolute atomic E-state index is 0.0573. The van der Waals surface area contributed by atoms with Crippen molar-refractivity contribution in [3.8, 4) is 0 Å². The summed E-state index contributed by atoms with van der Waals surface area (Å²) in [6.07, 6.45) is 5.32. The number of benzene rings is 1. The lowest BCUT2D eigenvalue weighted by Gasteiger charge is -2.40. The minimum Gasteiger partial charge on any atom is -0.389 e. The predicted octanol–water partition coefficient (Wildman–Crippen LogP) is 2.19. The Hall–Kier alpha value is -0.630. The van der Waals surface area contributed by atoms with Crippen molar-refractivity contribution in [2.75, 3.05) is 12.8 Å². The fraction of sp³-hybridized carbons (Fsp3) is 0.500. The van der Waals surface area contributed by atoms with Gasteiger partial charge in [-0.3, -0.25) is 0 Å². The Morgan fingerprint density at radius 2 is 2.14 bits per heavy atom. The number of aryl methyl sites for hydroxylation is 1. The molecule has 0 radical (unpaired) electrons. The fourth-order valence-corrected chi connectivity index (χ4v) is 4.90. The maximum absolute atomic E-state index is 12.5. The highest BCUT2D eigenvalue weighted by Gasteiger charge is 2.37. The topological polar surface area (TPSA) is 72.2 Å². The van der Waals surface area contributed by atoms with E-state index < -0.39 is 10.0 Å². The van der Waals surface area contributed by atoms with Crippen molar-refractivity contribution in [1.82, 2.24) is 4.72 Å². The van der Waals surface area contributed by atoms with E-state index in [0.717, 1.165) is 12.8 Å². The highest BCUT2D eigenvalue weighted by Crippen LogP contribution is 2.42. The summed E-state index contributed by atoms with van der Waals surface area (Å²) in [7, 11) is -3.54. The first kappa shape index (κ1) is 16.7. The SMILES string of the molecule is CSC1(CNS(=O)(=O)c2cc(C(N)=S)ccc2C)CCC1. The van der Waals surface area contributed by atoms with Crippen molar-refractivity contribution in [1.29, 1.82) is 0 Å². The van der Waals surface area contributed by atoms with Crippen LogP contribution in [0.25, 0.3) is 0 Å². The van der Waals surface area contributed by atoms with E-state index in [9.17, 15) is 8.42 Å². The van der Waals surface area contributed by atoms with Gasteiger partial charge in [0.1, 0.15) is 4.99 Å². The highest BCUT2D eigenvalue weighted by molar-refractivity contribution is 8.00. The molecule has 0 aromatic heterocycles. The van der Waals surface area contributed by atoms with Gasteiger partial charge in [-0.1, -0.05) is 30.8 Å². The van der Waals surface area contributed by atoms with E-state index in [0.29, 0.717) is 17.7 Å². The molecule has 1 saturated carbocycles. The first-order chi connectivity index (χ1) is 9.80. The number of rotatable bonds is 6. The highest BCUT2D eigenvalue weighted by atomic mass is 32.2. The van der Waals surface area contributed by atoms with Gasteiger partial charge >= 0.3 is 0 Å². The summed E-state index contributed by atoms with van der Waals surface area (Å²) in [4.78, 5) is 0.453. The van der Waals surface area contributed by atoms with Crippen LogP contribution in [0.1, 0.15) is 30.4 Å². The molecule has 1 aromatic rings. The molecule has 3 N–H and O–H groups in total. The molecule has 0 bridgehead atoms. The predicted molar refractivity (Wildman–Crippen MR) is 92.4 cm³/mol. The third kappa shape index (κ3) is 3.59. The molecule has 1 aromatic carbocycles. The van der Waals surface area contributed by atoms with Crippen LogP contribution < -0.4 is 10.5 Å². The van der Waals surface area contributed by atoms with Crippen molar-refractivity contribution in [2.24, 2.45) is 5.73 Å². The number of nitrogens with two attached hydrogens (primary N) is 1. The fourth-order valence-electron chi connectivity index (χ4n) is 2.37. The molecule has 0 amide bonds. The molecule has 0 heterocycles. The standard InChI is InChI=1S/C14H20N2O2S3/c1-10-4-5-11(13(15)19)8-12(10)21(17,18)16-9-14(20-2)6-3-7-14/h4-5,8,16H,3,6-7,9H2,1-2H3,(H2,15,19). The van der Waals surface area contributed by atoms with Gasteiger partial charge in [-0.15, -0.1) is 0 Å². The largest absolute Gasteiger partial charge is 0.389 e. The van der Waals surface area contributed by atoms with Crippen LogP contribution in [0.2, 0.25) is 0 Å². The van der Waals surface area contributed by atoms with Gasteiger partial charge in [0.05, 0.1) is 4.90 Å². The Labute approximate surface area is 135 Å². The van der Waals surface area contributed by atoms with Gasteiger partial charge in [-0.2, -0.15) is 11.8 Å². The Morgan fingerprint density at radius 1 is 1.48 bits per heavy atom. The van der Waals surface area contributed by atoms with Crippen LogP contribution in [0, 0.1) is 6.92 Å². The summed E-state index contributed by atoms with van der Waals surface area (Å²) in [5, 5.41) is 0. The smallest absolute Gasteiger partial charge is 0.240 e. The van der Waals surface area contributed by atoms with E-state index in [1.807, 2.05) is 6.26 Å². The lowest BCUT2D eigenvalue weighted by atomic mass is 9.84. The summed E-state index contributed by atoms with van der Waals surface area (Å²) in [6, 6.07) is 5.02. The normalized spacial score (nSPS) is 17.2. The van der Waals surface area contributed by atoms with Gasteiger partial charge in [-0.25, -0.2) is 13.1 Å². The van der Waals surface area contributed by atoms with Crippen molar-refractivity contribution in [3.63, 3.8) is 0 Å². The van der Waals surface area contributed by atoms with Crippen LogP contribution in [0.3, 0.4) is 0 Å². The van der Waals surface area contributed by atoms with E-state index >= 15 is 0 Å². The van der Waals surface area contributed by atoms with Crippen molar-refractivity contribution in [3.05, 3.63) is 29.3 Å². The number of nitrogens with one attached hydrogen (secondary N) is 1. The molecular formula is C14H20N2O2S3. The van der Waals surface area contributed by atoms with E-state index in [2.05, 4.69) is 4.72 Å². The zero-order chi connectivity index (χ0) is 15.7. The summed E-state index contributed by atoms with van der Waals surface area (Å²) >= 11 is 6.66. The molecular weight excluding hydrogens is 324 g/mol. The second kappa shape index (κ2) is 6.24. The summed E-state index contributed by atoms with van der Waals surface area (Å²) in [5.74, 6) is 0. The molecule has 7 heteroatoms. The molecule has 21 heavy (non-hydrogen) atoms. The molecule has 116 valence electrons. The molecule has 4 nitrogen and oxygen atoms in total. The molecule has 0 unspecified atom stereocenters. The molecule has 1 fully saturated rings. The van der Waals surface area contributed by atoms with E-state index in [1.54, 1.807) is 36.9 Å². The molecule has 0 saturated heterocycles. The Kier molecular flexibility index (Phi) is 4.97. The molecule has 1 aliphatic carbocycles. The lowest BCUT2D eigenvalue weighted by molar-refractivity contribution is 0.362. The minimum atomic E-state index is -3.54. The Balaban J connectivity index is 2.23. The maximum Gasteiger partial charge on any atom is 0.240 e. The number of thiocarbonyl (C=S) groups is 1. The van der Waals surface area contributed by atoms with Crippen LogP contribution in [0.4, 0.5) is 0 Å². The van der Waals surface area contributed by atoms with E-state index in [4.69, 9.17) is 18.0 Å². The zero-order valence-electron chi connectivity index (χ0n) is 12.2. The second-order valence-corrected chi connectivity index (χ2v) is 8.86. The number of hydrogen-bond donors (Lipinski definition) is 2. The van der Waals surface area contributed by atoms with Crippen molar-refractivity contribution >= 4 is 39.0 Å². The van der Waals surface area contributed by atoms with Crippen LogP contribution >= 0.6 is 24.0 Å². The van der Waals surface area contributed by atoms with Crippen LogP contribution in [-0.4, -0.2) is 31.0 Å². The van der Waals surface area contributed by atoms with Crippen LogP contribution in [0.5, 0.6) is 0 Å². The van der Waals surface area contributed by atoms with Gasteiger partial charge in [0.2, 0.25) is 10.0 Å². The van der Waals surface area contributed by atoms with E-state index in [-0.39, 0.29) is 14.6 Å². The molecule has 0 atom stereocenters. The third-order valence-corrected chi connectivity index (χ3v) is 7.24.